The number of aromatic nitrogens is 2. The Hall–Kier alpha value is -3.52. The zero-order chi connectivity index (χ0) is 21.8. The summed E-state index contributed by atoms with van der Waals surface area (Å²) in [5.74, 6) is -0.219. The molecule has 8 nitrogen and oxygen atoms in total. The average molecular weight is 419 g/mol. The minimum absolute atomic E-state index is 0.00938. The van der Waals surface area contributed by atoms with Gasteiger partial charge in [0.1, 0.15) is 0 Å². The van der Waals surface area contributed by atoms with Gasteiger partial charge in [-0.1, -0.05) is 36.4 Å². The summed E-state index contributed by atoms with van der Waals surface area (Å²) in [5.41, 5.74) is 0.611. The molecule has 3 aromatic rings. The highest BCUT2D eigenvalue weighted by molar-refractivity contribution is 6.04. The molecule has 2 aromatic carbocycles. The Bertz CT molecular complexity index is 1150. The highest BCUT2D eigenvalue weighted by Crippen LogP contribution is 2.18. The molecule has 0 unspecified atom stereocenters. The average Bonchev–Trinajstić information content (AvgIpc) is 2.80. The number of hydrogen-bond acceptors (Lipinski definition) is 5. The van der Waals surface area contributed by atoms with Gasteiger partial charge < -0.3 is 10.2 Å². The number of amides is 2. The van der Waals surface area contributed by atoms with Crippen LogP contribution in [0.25, 0.3) is 16.5 Å². The summed E-state index contributed by atoms with van der Waals surface area (Å²) in [4.78, 5) is 42.0. The van der Waals surface area contributed by atoms with E-state index in [1.165, 1.54) is 4.68 Å². The number of rotatable bonds is 5. The summed E-state index contributed by atoms with van der Waals surface area (Å²) < 4.78 is 1.29. The lowest BCUT2D eigenvalue weighted by Gasteiger charge is -2.34. The van der Waals surface area contributed by atoms with E-state index in [1.54, 1.807) is 41.3 Å². The van der Waals surface area contributed by atoms with Crippen molar-refractivity contribution in [2.45, 2.75) is 6.92 Å². The van der Waals surface area contributed by atoms with Crippen LogP contribution < -0.4 is 10.9 Å². The number of piperazine rings is 1. The molecule has 1 saturated heterocycles. The number of benzene rings is 2. The molecule has 31 heavy (non-hydrogen) atoms. The number of para-hydroxylation sites is 1. The number of nitrogens with one attached hydrogen (secondary N) is 1. The minimum atomic E-state index is -0.259. The summed E-state index contributed by atoms with van der Waals surface area (Å²) in [7, 11) is 0. The molecule has 1 aliphatic heterocycles. The van der Waals surface area contributed by atoms with Crippen LogP contribution in [-0.4, -0.2) is 70.7 Å². The Morgan fingerprint density at radius 2 is 1.58 bits per heavy atom. The van der Waals surface area contributed by atoms with E-state index in [2.05, 4.69) is 10.4 Å². The van der Waals surface area contributed by atoms with Gasteiger partial charge in [-0.3, -0.25) is 19.3 Å². The maximum atomic E-state index is 13.4. The van der Waals surface area contributed by atoms with E-state index >= 15 is 0 Å². The number of hydrogen-bond donors (Lipinski definition) is 1. The maximum Gasteiger partial charge on any atom is 0.279 e. The first-order valence-corrected chi connectivity index (χ1v) is 10.4. The molecule has 8 heteroatoms. The molecule has 0 atom stereocenters. The quantitative estimate of drug-likeness (QED) is 0.673. The smallest absolute Gasteiger partial charge is 0.279 e. The fourth-order valence-corrected chi connectivity index (χ4v) is 3.81. The van der Waals surface area contributed by atoms with E-state index in [9.17, 15) is 14.4 Å². The van der Waals surface area contributed by atoms with Gasteiger partial charge in [-0.05, 0) is 25.1 Å². The van der Waals surface area contributed by atoms with Gasteiger partial charge >= 0.3 is 0 Å². The van der Waals surface area contributed by atoms with E-state index < -0.39 is 0 Å². The molecule has 1 N–H and O–H groups in total. The molecular formula is C23H25N5O3. The Labute approximate surface area is 180 Å². The molecule has 0 spiro atoms. The molecule has 0 aliphatic carbocycles. The van der Waals surface area contributed by atoms with Crippen LogP contribution in [0.2, 0.25) is 0 Å². The normalized spacial score (nSPS) is 14.5. The lowest BCUT2D eigenvalue weighted by molar-refractivity contribution is -0.122. The van der Waals surface area contributed by atoms with Gasteiger partial charge in [0, 0.05) is 38.1 Å². The zero-order valence-electron chi connectivity index (χ0n) is 17.5. The molecule has 1 aromatic heterocycles. The summed E-state index contributed by atoms with van der Waals surface area (Å²) in [6.07, 6.45) is 0. The van der Waals surface area contributed by atoms with Crippen LogP contribution in [0.3, 0.4) is 0 Å². The van der Waals surface area contributed by atoms with E-state index in [0.717, 1.165) is 0 Å². The van der Waals surface area contributed by atoms with Gasteiger partial charge in [-0.25, -0.2) is 0 Å². The van der Waals surface area contributed by atoms with Gasteiger partial charge in [0.25, 0.3) is 11.5 Å². The predicted octanol–water partition coefficient (Wildman–Crippen LogP) is 1.28. The monoisotopic (exact) mass is 419 g/mol. The van der Waals surface area contributed by atoms with Crippen molar-refractivity contribution in [2.24, 2.45) is 0 Å². The Kier molecular flexibility index (Phi) is 6.08. The summed E-state index contributed by atoms with van der Waals surface area (Å²) in [5, 5.41) is 8.28. The maximum absolute atomic E-state index is 13.4. The van der Waals surface area contributed by atoms with E-state index in [4.69, 9.17) is 0 Å². The van der Waals surface area contributed by atoms with Gasteiger partial charge in [0.05, 0.1) is 17.6 Å². The third-order valence-electron chi connectivity index (χ3n) is 5.41. The van der Waals surface area contributed by atoms with Crippen LogP contribution in [0.1, 0.15) is 17.4 Å². The SMILES string of the molecule is CCNC(=O)CN1CCN(C(=O)c2nn(-c3ccccc3)c(=O)c3ccccc23)CC1. The number of carbonyl (C=O) groups excluding carboxylic acids is 2. The second-order valence-corrected chi connectivity index (χ2v) is 7.47. The van der Waals surface area contributed by atoms with Crippen molar-refractivity contribution in [2.75, 3.05) is 39.3 Å². The van der Waals surface area contributed by atoms with Crippen molar-refractivity contribution >= 4 is 22.6 Å². The molecule has 0 saturated carbocycles. The standard InChI is InChI=1S/C23H25N5O3/c1-2-24-20(29)16-26-12-14-27(15-13-26)23(31)21-18-10-6-7-11-19(18)22(30)28(25-21)17-8-4-3-5-9-17/h3-11H,2,12-16H2,1H3,(H,24,29). The number of fused-ring (bicyclic) bond motifs is 1. The highest BCUT2D eigenvalue weighted by atomic mass is 16.2. The van der Waals surface area contributed by atoms with Crippen molar-refractivity contribution in [3.63, 3.8) is 0 Å². The van der Waals surface area contributed by atoms with Gasteiger partial charge in [0.2, 0.25) is 5.91 Å². The van der Waals surface area contributed by atoms with Crippen LogP contribution in [0.15, 0.2) is 59.4 Å². The van der Waals surface area contributed by atoms with Crippen molar-refractivity contribution in [1.29, 1.82) is 0 Å². The van der Waals surface area contributed by atoms with Crippen LogP contribution >= 0.6 is 0 Å². The first-order valence-electron chi connectivity index (χ1n) is 10.4. The van der Waals surface area contributed by atoms with Gasteiger partial charge in [0.15, 0.2) is 5.69 Å². The largest absolute Gasteiger partial charge is 0.355 e. The topological polar surface area (TPSA) is 87.5 Å². The molecule has 0 bridgehead atoms. The van der Waals surface area contributed by atoms with E-state index in [1.807, 2.05) is 30.0 Å². The fourth-order valence-electron chi connectivity index (χ4n) is 3.81. The molecule has 160 valence electrons. The molecule has 0 radical (unpaired) electrons. The van der Waals surface area contributed by atoms with Crippen molar-refractivity contribution in [3.8, 4) is 5.69 Å². The fraction of sp³-hybridized carbons (Fsp3) is 0.304. The lowest BCUT2D eigenvalue weighted by Crippen LogP contribution is -2.51. The van der Waals surface area contributed by atoms with E-state index in [-0.39, 0.29) is 23.1 Å². The van der Waals surface area contributed by atoms with Crippen molar-refractivity contribution in [1.82, 2.24) is 24.9 Å². The summed E-state index contributed by atoms with van der Waals surface area (Å²) in [6, 6.07) is 16.2. The number of nitrogens with zero attached hydrogens (tertiary/aromatic N) is 4. The van der Waals surface area contributed by atoms with Crippen molar-refractivity contribution < 1.29 is 9.59 Å². The molecule has 2 amide bonds. The van der Waals surface area contributed by atoms with Gasteiger partial charge in [-0.2, -0.15) is 9.78 Å². The molecule has 1 aliphatic rings. The third kappa shape index (κ3) is 4.34. The number of likely N-dealkylation sites (N-methyl/N-ethyl adjacent to an activating group) is 1. The first-order chi connectivity index (χ1) is 15.1. The molecule has 1 fully saturated rings. The number of carbonyl (C=O) groups is 2. The van der Waals surface area contributed by atoms with Crippen LogP contribution in [0, 0.1) is 0 Å². The summed E-state index contributed by atoms with van der Waals surface area (Å²) >= 11 is 0. The second-order valence-electron chi connectivity index (χ2n) is 7.47. The Morgan fingerprint density at radius 1 is 0.935 bits per heavy atom. The van der Waals surface area contributed by atoms with Gasteiger partial charge in [-0.15, -0.1) is 0 Å². The van der Waals surface area contributed by atoms with Crippen LogP contribution in [0.5, 0.6) is 0 Å². The third-order valence-corrected chi connectivity index (χ3v) is 5.41. The molecular weight excluding hydrogens is 394 g/mol. The van der Waals surface area contributed by atoms with Crippen LogP contribution in [-0.2, 0) is 4.79 Å². The zero-order valence-corrected chi connectivity index (χ0v) is 17.5. The molecule has 4 rings (SSSR count). The first kappa shape index (κ1) is 20.7. The summed E-state index contributed by atoms with van der Waals surface area (Å²) in [6.45, 7) is 5.04. The van der Waals surface area contributed by atoms with Crippen molar-refractivity contribution in [3.05, 3.63) is 70.6 Å². The predicted molar refractivity (Wildman–Crippen MR) is 118 cm³/mol. The Balaban J connectivity index is 1.62. The minimum Gasteiger partial charge on any atom is -0.355 e. The Morgan fingerprint density at radius 3 is 2.26 bits per heavy atom. The van der Waals surface area contributed by atoms with Crippen LogP contribution in [0.4, 0.5) is 0 Å². The lowest BCUT2D eigenvalue weighted by atomic mass is 10.1. The highest BCUT2D eigenvalue weighted by Gasteiger charge is 2.26. The second kappa shape index (κ2) is 9.09. The van der Waals surface area contributed by atoms with E-state index in [0.29, 0.717) is 55.7 Å². The molecule has 2 heterocycles.